The van der Waals surface area contributed by atoms with Gasteiger partial charge in [-0.25, -0.2) is 0 Å². The Morgan fingerprint density at radius 2 is 2.55 bits per heavy atom. The van der Waals surface area contributed by atoms with Crippen molar-refractivity contribution in [2.75, 3.05) is 0 Å². The molecular weight excluding hydrogens is 134 g/mol. The molecule has 1 saturated carbocycles. The molecule has 60 valence electrons. The lowest BCUT2D eigenvalue weighted by molar-refractivity contribution is 0.503. The Kier molecular flexibility index (Phi) is 3.16. The molecule has 1 atom stereocenters. The number of allylic oxidation sites excluding steroid dienone is 2. The normalized spacial score (nSPS) is 28.4. The molecule has 1 aliphatic carbocycles. The minimum atomic E-state index is 0.307. The van der Waals surface area contributed by atoms with Gasteiger partial charge in [-0.05, 0) is 32.1 Å². The van der Waals surface area contributed by atoms with Gasteiger partial charge in [-0.15, -0.1) is 0 Å². The smallest absolute Gasteiger partial charge is 0.0659 e. The van der Waals surface area contributed by atoms with Crippen LogP contribution >= 0.6 is 0 Å². The van der Waals surface area contributed by atoms with Crippen LogP contribution in [-0.4, -0.2) is 0 Å². The molecule has 0 N–H and O–H groups in total. The quantitative estimate of drug-likeness (QED) is 0.526. The second-order valence-electron chi connectivity index (χ2n) is 3.19. The fourth-order valence-corrected chi connectivity index (χ4v) is 1.68. The summed E-state index contributed by atoms with van der Waals surface area (Å²) in [5, 5.41) is 8.70. The van der Waals surface area contributed by atoms with Gasteiger partial charge in [0.05, 0.1) is 12.0 Å². The van der Waals surface area contributed by atoms with Crippen molar-refractivity contribution in [3.8, 4) is 6.07 Å². The summed E-state index contributed by atoms with van der Waals surface area (Å²) in [6.45, 7) is 2.16. The highest BCUT2D eigenvalue weighted by molar-refractivity contribution is 5.08. The topological polar surface area (TPSA) is 23.8 Å². The van der Waals surface area contributed by atoms with Gasteiger partial charge in [0.25, 0.3) is 0 Å². The van der Waals surface area contributed by atoms with Gasteiger partial charge in [-0.2, -0.15) is 5.26 Å². The van der Waals surface area contributed by atoms with Gasteiger partial charge in [0.1, 0.15) is 0 Å². The van der Waals surface area contributed by atoms with Crippen molar-refractivity contribution in [1.82, 2.24) is 0 Å². The SMILES string of the molecule is CC/C=C1/CCCC(C#N)C1. The van der Waals surface area contributed by atoms with E-state index in [0.717, 1.165) is 19.3 Å². The van der Waals surface area contributed by atoms with Crippen molar-refractivity contribution in [3.05, 3.63) is 11.6 Å². The molecule has 0 bridgehead atoms. The Morgan fingerprint density at radius 1 is 1.73 bits per heavy atom. The first-order valence-corrected chi connectivity index (χ1v) is 4.44. The van der Waals surface area contributed by atoms with E-state index in [2.05, 4.69) is 19.1 Å². The summed E-state index contributed by atoms with van der Waals surface area (Å²) in [4.78, 5) is 0. The molecule has 11 heavy (non-hydrogen) atoms. The van der Waals surface area contributed by atoms with E-state index >= 15 is 0 Å². The van der Waals surface area contributed by atoms with Crippen molar-refractivity contribution in [2.24, 2.45) is 5.92 Å². The van der Waals surface area contributed by atoms with Crippen LogP contribution in [0.3, 0.4) is 0 Å². The molecule has 1 unspecified atom stereocenters. The van der Waals surface area contributed by atoms with Gasteiger partial charge < -0.3 is 0 Å². The van der Waals surface area contributed by atoms with Gasteiger partial charge in [0.15, 0.2) is 0 Å². The summed E-state index contributed by atoms with van der Waals surface area (Å²) in [5.41, 5.74) is 1.50. The lowest BCUT2D eigenvalue weighted by Crippen LogP contribution is -2.05. The number of nitrogens with zero attached hydrogens (tertiary/aromatic N) is 1. The molecule has 0 saturated heterocycles. The average Bonchev–Trinajstić information content (AvgIpc) is 2.06. The zero-order chi connectivity index (χ0) is 8.10. The van der Waals surface area contributed by atoms with Crippen LogP contribution in [0.15, 0.2) is 11.6 Å². The monoisotopic (exact) mass is 149 g/mol. The van der Waals surface area contributed by atoms with Crippen LogP contribution < -0.4 is 0 Å². The molecule has 0 heterocycles. The van der Waals surface area contributed by atoms with Crippen molar-refractivity contribution >= 4 is 0 Å². The molecule has 1 heteroatoms. The van der Waals surface area contributed by atoms with Crippen LogP contribution in [0.5, 0.6) is 0 Å². The van der Waals surface area contributed by atoms with E-state index in [4.69, 9.17) is 5.26 Å². The molecular formula is C10H15N. The Morgan fingerprint density at radius 3 is 3.18 bits per heavy atom. The van der Waals surface area contributed by atoms with Crippen LogP contribution in [-0.2, 0) is 0 Å². The highest BCUT2D eigenvalue weighted by atomic mass is 14.3. The molecule has 1 fully saturated rings. The zero-order valence-corrected chi connectivity index (χ0v) is 7.14. The summed E-state index contributed by atoms with van der Waals surface area (Å²) in [6, 6.07) is 2.35. The van der Waals surface area contributed by atoms with E-state index in [9.17, 15) is 0 Å². The van der Waals surface area contributed by atoms with E-state index < -0.39 is 0 Å². The van der Waals surface area contributed by atoms with Crippen molar-refractivity contribution in [1.29, 1.82) is 5.26 Å². The molecule has 0 aromatic rings. The number of hydrogen-bond acceptors (Lipinski definition) is 1. The van der Waals surface area contributed by atoms with Crippen molar-refractivity contribution in [3.63, 3.8) is 0 Å². The van der Waals surface area contributed by atoms with Crippen molar-refractivity contribution < 1.29 is 0 Å². The molecule has 1 aliphatic rings. The summed E-state index contributed by atoms with van der Waals surface area (Å²) in [6.07, 6.45) is 7.98. The van der Waals surface area contributed by atoms with Gasteiger partial charge >= 0.3 is 0 Å². The fraction of sp³-hybridized carbons (Fsp3) is 0.700. The molecule has 0 aliphatic heterocycles. The second kappa shape index (κ2) is 4.18. The number of nitriles is 1. The van der Waals surface area contributed by atoms with Crippen LogP contribution in [0.4, 0.5) is 0 Å². The summed E-state index contributed by atoms with van der Waals surface area (Å²) < 4.78 is 0. The molecule has 0 aromatic carbocycles. The highest BCUT2D eigenvalue weighted by Crippen LogP contribution is 2.27. The maximum absolute atomic E-state index is 8.70. The van der Waals surface area contributed by atoms with E-state index in [1.54, 1.807) is 0 Å². The van der Waals surface area contributed by atoms with Crippen LogP contribution in [0.25, 0.3) is 0 Å². The van der Waals surface area contributed by atoms with E-state index in [1.165, 1.54) is 18.4 Å². The summed E-state index contributed by atoms with van der Waals surface area (Å²) in [7, 11) is 0. The van der Waals surface area contributed by atoms with Gasteiger partial charge in [-0.1, -0.05) is 18.6 Å². The minimum Gasteiger partial charge on any atom is -0.198 e. The van der Waals surface area contributed by atoms with Crippen molar-refractivity contribution in [2.45, 2.75) is 39.0 Å². The van der Waals surface area contributed by atoms with Crippen LogP contribution in [0.1, 0.15) is 39.0 Å². The Hall–Kier alpha value is -0.770. The van der Waals surface area contributed by atoms with Crippen LogP contribution in [0.2, 0.25) is 0 Å². The predicted octanol–water partition coefficient (Wildman–Crippen LogP) is 3.04. The minimum absolute atomic E-state index is 0.307. The lowest BCUT2D eigenvalue weighted by atomic mass is 9.86. The number of rotatable bonds is 1. The maximum Gasteiger partial charge on any atom is 0.0659 e. The Labute approximate surface area is 68.7 Å². The largest absolute Gasteiger partial charge is 0.198 e. The van der Waals surface area contributed by atoms with Gasteiger partial charge in [-0.3, -0.25) is 0 Å². The third kappa shape index (κ3) is 2.38. The predicted molar refractivity (Wildman–Crippen MR) is 45.9 cm³/mol. The lowest BCUT2D eigenvalue weighted by Gasteiger charge is -2.18. The first-order valence-electron chi connectivity index (χ1n) is 4.44. The van der Waals surface area contributed by atoms with Gasteiger partial charge in [0, 0.05) is 0 Å². The Bertz CT molecular complexity index is 186. The molecule has 0 aromatic heterocycles. The summed E-state index contributed by atoms with van der Waals surface area (Å²) >= 11 is 0. The standard InChI is InChI=1S/C10H15N/c1-2-4-9-5-3-6-10(7-9)8-11/h4,10H,2-3,5-7H2,1H3/b9-4-. The molecule has 1 nitrogen and oxygen atoms in total. The van der Waals surface area contributed by atoms with E-state index in [-0.39, 0.29) is 0 Å². The molecule has 0 radical (unpaired) electrons. The second-order valence-corrected chi connectivity index (χ2v) is 3.19. The third-order valence-corrected chi connectivity index (χ3v) is 2.23. The van der Waals surface area contributed by atoms with Crippen LogP contribution in [0, 0.1) is 17.2 Å². The summed E-state index contributed by atoms with van der Waals surface area (Å²) in [5.74, 6) is 0.307. The first kappa shape index (κ1) is 8.33. The number of hydrogen-bond donors (Lipinski definition) is 0. The maximum atomic E-state index is 8.70. The average molecular weight is 149 g/mol. The van der Waals surface area contributed by atoms with Gasteiger partial charge in [0.2, 0.25) is 0 Å². The molecule has 1 rings (SSSR count). The van der Waals surface area contributed by atoms with E-state index in [1.807, 2.05) is 0 Å². The fourth-order valence-electron chi connectivity index (χ4n) is 1.68. The zero-order valence-electron chi connectivity index (χ0n) is 7.14. The third-order valence-electron chi connectivity index (χ3n) is 2.23. The van der Waals surface area contributed by atoms with E-state index in [0.29, 0.717) is 5.92 Å². The molecule has 0 spiro atoms. The first-order chi connectivity index (χ1) is 5.36. The Balaban J connectivity index is 2.47. The molecule has 0 amide bonds. The highest BCUT2D eigenvalue weighted by Gasteiger charge is 2.15.